The van der Waals surface area contributed by atoms with Crippen molar-refractivity contribution in [1.82, 2.24) is 25.0 Å². The van der Waals surface area contributed by atoms with Crippen molar-refractivity contribution in [2.75, 3.05) is 27.2 Å². The van der Waals surface area contributed by atoms with Crippen molar-refractivity contribution < 1.29 is 9.72 Å². The molecule has 0 spiro atoms. The molecule has 0 aliphatic heterocycles. The highest BCUT2D eigenvalue weighted by molar-refractivity contribution is 7.99. The molecule has 25 heavy (non-hydrogen) atoms. The molecule has 0 aliphatic carbocycles. The lowest BCUT2D eigenvalue weighted by atomic mass is 10.2. The molecule has 0 saturated carbocycles. The first kappa shape index (κ1) is 20.9. The van der Waals surface area contributed by atoms with Gasteiger partial charge in [-0.25, -0.2) is 0 Å². The molecule has 1 aromatic heterocycles. The Bertz CT molecular complexity index is 754. The predicted octanol–water partition coefficient (Wildman–Crippen LogP) is 1.59. The Balaban J connectivity index is 0.00000312. The van der Waals surface area contributed by atoms with Crippen LogP contribution in [0.25, 0.3) is 0 Å². The zero-order valence-electron chi connectivity index (χ0n) is 14.0. The smallest absolute Gasteiger partial charge is 0.284 e. The molecule has 9 nitrogen and oxygen atoms in total. The number of aromatic nitrogens is 3. The van der Waals surface area contributed by atoms with Gasteiger partial charge >= 0.3 is 0 Å². The normalized spacial score (nSPS) is 10.2. The number of nitrogens with zero attached hydrogens (tertiary/aromatic N) is 5. The van der Waals surface area contributed by atoms with Crippen molar-refractivity contribution >= 4 is 35.8 Å². The molecule has 136 valence electrons. The van der Waals surface area contributed by atoms with E-state index in [0.29, 0.717) is 23.1 Å². The zero-order valence-corrected chi connectivity index (χ0v) is 15.6. The van der Waals surface area contributed by atoms with Crippen LogP contribution in [0, 0.1) is 10.1 Å². The lowest BCUT2D eigenvalue weighted by Crippen LogP contribution is -2.32. The van der Waals surface area contributed by atoms with Crippen LogP contribution in [0.4, 0.5) is 5.69 Å². The summed E-state index contributed by atoms with van der Waals surface area (Å²) in [6, 6.07) is 4.46. The number of amides is 1. The number of benzene rings is 1. The average molecular weight is 387 g/mol. The molecule has 1 N–H and O–H groups in total. The highest BCUT2D eigenvalue weighted by Gasteiger charge is 2.21. The van der Waals surface area contributed by atoms with Crippen LogP contribution in [0.3, 0.4) is 0 Å². The molecule has 0 aliphatic rings. The highest BCUT2D eigenvalue weighted by atomic mass is 35.5. The number of nitro benzene ring substituents is 1. The second-order valence-corrected chi connectivity index (χ2v) is 6.11. The van der Waals surface area contributed by atoms with E-state index in [1.165, 1.54) is 17.3 Å². The van der Waals surface area contributed by atoms with Crippen LogP contribution in [0.15, 0.2) is 34.6 Å². The van der Waals surface area contributed by atoms with Crippen LogP contribution in [-0.2, 0) is 7.05 Å². The van der Waals surface area contributed by atoms with E-state index in [9.17, 15) is 14.9 Å². The molecule has 2 aromatic rings. The number of rotatable bonds is 7. The summed E-state index contributed by atoms with van der Waals surface area (Å²) >= 11 is 1.13. The second-order valence-electron chi connectivity index (χ2n) is 5.10. The predicted molar refractivity (Wildman–Crippen MR) is 96.4 cm³/mol. The van der Waals surface area contributed by atoms with Crippen LogP contribution in [0.2, 0.25) is 0 Å². The Labute approximate surface area is 155 Å². The Kier molecular flexibility index (Phi) is 7.81. The lowest BCUT2D eigenvalue weighted by Gasteiger charge is -2.17. The Hall–Kier alpha value is -2.17. The number of carbonyl (C=O) groups excluding carboxylic acids is 1. The minimum atomic E-state index is -0.497. The number of aryl methyl sites for hydroxylation is 1. The fraction of sp³-hybridized carbons (Fsp3) is 0.357. The molecule has 0 unspecified atom stereocenters. The van der Waals surface area contributed by atoms with Crippen molar-refractivity contribution in [3.8, 4) is 0 Å². The Morgan fingerprint density at radius 1 is 1.48 bits per heavy atom. The third-order valence-corrected chi connectivity index (χ3v) is 4.43. The van der Waals surface area contributed by atoms with Crippen molar-refractivity contribution in [2.24, 2.45) is 7.05 Å². The molecule has 1 amide bonds. The zero-order chi connectivity index (χ0) is 17.7. The third kappa shape index (κ3) is 5.15. The first-order valence-corrected chi connectivity index (χ1v) is 7.96. The minimum absolute atomic E-state index is 0. The van der Waals surface area contributed by atoms with E-state index in [4.69, 9.17) is 0 Å². The summed E-state index contributed by atoms with van der Waals surface area (Å²) in [4.78, 5) is 25.1. The maximum Gasteiger partial charge on any atom is 0.284 e. The molecule has 0 fully saturated rings. The van der Waals surface area contributed by atoms with E-state index >= 15 is 0 Å². The maximum absolute atomic E-state index is 12.4. The summed E-state index contributed by atoms with van der Waals surface area (Å²) in [5.74, 6) is -0.261. The molecule has 1 aromatic carbocycles. The van der Waals surface area contributed by atoms with Crippen LogP contribution < -0.4 is 5.32 Å². The van der Waals surface area contributed by atoms with Gasteiger partial charge in [0.25, 0.3) is 11.6 Å². The van der Waals surface area contributed by atoms with Crippen molar-refractivity contribution in [1.29, 1.82) is 0 Å². The van der Waals surface area contributed by atoms with Gasteiger partial charge in [-0.3, -0.25) is 14.9 Å². The van der Waals surface area contributed by atoms with E-state index in [0.717, 1.165) is 11.8 Å². The largest absolute Gasteiger partial charge is 0.340 e. The highest BCUT2D eigenvalue weighted by Crippen LogP contribution is 2.34. The number of hydrogen-bond acceptors (Lipinski definition) is 7. The number of halogens is 1. The lowest BCUT2D eigenvalue weighted by molar-refractivity contribution is -0.387. The second kappa shape index (κ2) is 9.35. The first-order chi connectivity index (χ1) is 11.4. The Morgan fingerprint density at radius 2 is 2.20 bits per heavy atom. The van der Waals surface area contributed by atoms with E-state index < -0.39 is 4.92 Å². The fourth-order valence-corrected chi connectivity index (χ4v) is 2.79. The van der Waals surface area contributed by atoms with Gasteiger partial charge in [0.1, 0.15) is 6.33 Å². The summed E-state index contributed by atoms with van der Waals surface area (Å²) in [7, 11) is 5.21. The molecule has 0 atom stereocenters. The summed E-state index contributed by atoms with van der Waals surface area (Å²) in [6.07, 6.45) is 1.52. The quantitative estimate of drug-likeness (QED) is 0.568. The number of hydrogen-bond donors (Lipinski definition) is 1. The molecular weight excluding hydrogens is 368 g/mol. The number of nitro groups is 1. The van der Waals surface area contributed by atoms with E-state index in [1.807, 2.05) is 0 Å². The monoisotopic (exact) mass is 386 g/mol. The van der Waals surface area contributed by atoms with Gasteiger partial charge in [0, 0.05) is 38.8 Å². The molecule has 0 saturated heterocycles. The topological polar surface area (TPSA) is 106 Å². The van der Waals surface area contributed by atoms with E-state index in [1.54, 1.807) is 37.8 Å². The molecular formula is C14H19ClN6O3S. The van der Waals surface area contributed by atoms with Gasteiger partial charge in [-0.05, 0) is 30.9 Å². The van der Waals surface area contributed by atoms with E-state index in [2.05, 4.69) is 15.5 Å². The van der Waals surface area contributed by atoms with Crippen LogP contribution in [-0.4, -0.2) is 57.7 Å². The van der Waals surface area contributed by atoms with Gasteiger partial charge in [0.05, 0.1) is 9.82 Å². The van der Waals surface area contributed by atoms with Crippen molar-refractivity contribution in [3.63, 3.8) is 0 Å². The van der Waals surface area contributed by atoms with Gasteiger partial charge in [-0.1, -0.05) is 0 Å². The fourth-order valence-electron chi connectivity index (χ4n) is 1.94. The van der Waals surface area contributed by atoms with Gasteiger partial charge < -0.3 is 14.8 Å². The maximum atomic E-state index is 12.4. The van der Waals surface area contributed by atoms with Crippen LogP contribution >= 0.6 is 24.2 Å². The van der Waals surface area contributed by atoms with Crippen LogP contribution in [0.1, 0.15) is 10.4 Å². The van der Waals surface area contributed by atoms with Gasteiger partial charge in [0.2, 0.25) is 0 Å². The average Bonchev–Trinajstić information content (AvgIpc) is 2.97. The molecule has 0 radical (unpaired) electrons. The Morgan fingerprint density at radius 3 is 2.76 bits per heavy atom. The molecule has 0 bridgehead atoms. The van der Waals surface area contributed by atoms with Gasteiger partial charge in [-0.15, -0.1) is 22.6 Å². The summed E-state index contributed by atoms with van der Waals surface area (Å²) < 4.78 is 1.67. The van der Waals surface area contributed by atoms with E-state index in [-0.39, 0.29) is 29.6 Å². The summed E-state index contributed by atoms with van der Waals surface area (Å²) in [5.41, 5.74) is 0.151. The first-order valence-electron chi connectivity index (χ1n) is 7.14. The third-order valence-electron chi connectivity index (χ3n) is 3.32. The van der Waals surface area contributed by atoms with Crippen molar-refractivity contribution in [2.45, 2.75) is 10.1 Å². The molecule has 11 heteroatoms. The van der Waals surface area contributed by atoms with Gasteiger partial charge in [0.15, 0.2) is 5.16 Å². The van der Waals surface area contributed by atoms with Gasteiger partial charge in [-0.2, -0.15) is 0 Å². The number of carbonyl (C=O) groups is 1. The number of likely N-dealkylation sites (N-methyl/N-ethyl adjacent to an activating group) is 2. The molecule has 2 rings (SSSR count). The minimum Gasteiger partial charge on any atom is -0.340 e. The SMILES string of the molecule is CNCCN(C)C(=O)c1ccc(Sc2nncn2C)c([N+](=O)[O-])c1.Cl. The number of nitrogens with one attached hydrogen (secondary N) is 1. The molecule has 1 heterocycles. The summed E-state index contributed by atoms with van der Waals surface area (Å²) in [5, 5.41) is 22.5. The van der Waals surface area contributed by atoms with Crippen molar-refractivity contribution in [3.05, 3.63) is 40.2 Å². The standard InChI is InChI=1S/C14H18N6O3S.ClH/c1-15-6-7-18(2)13(21)10-4-5-12(11(8-10)20(22)23)24-14-17-16-9-19(14)3;/h4-5,8-9,15H,6-7H2,1-3H3;1H. The van der Waals surface area contributed by atoms with Crippen LogP contribution in [0.5, 0.6) is 0 Å². The summed E-state index contributed by atoms with van der Waals surface area (Å²) in [6.45, 7) is 1.16.